The fraction of sp³-hybridized carbons (Fsp3) is 0. The van der Waals surface area contributed by atoms with Crippen LogP contribution in [-0.2, 0) is 0 Å². The van der Waals surface area contributed by atoms with Crippen molar-refractivity contribution in [3.05, 3.63) is 22.2 Å². The molecule has 0 aliphatic heterocycles. The minimum absolute atomic E-state index is 0.533. The van der Waals surface area contributed by atoms with Gasteiger partial charge in [-0.1, -0.05) is 29.3 Å². The molecule has 0 saturated heterocycles. The number of benzene rings is 1. The second-order valence-corrected chi connectivity index (χ2v) is 4.46. The highest BCUT2D eigenvalue weighted by Crippen LogP contribution is 2.42. The van der Waals surface area contributed by atoms with Gasteiger partial charge in [-0.3, -0.25) is 0 Å². The number of fused-ring (bicyclic) bond motifs is 1. The lowest BCUT2D eigenvalue weighted by Crippen LogP contribution is -1.84. The molecule has 0 aliphatic carbocycles. The predicted octanol–water partition coefficient (Wildman–Crippen LogP) is 3.37. The summed E-state index contributed by atoms with van der Waals surface area (Å²) in [6, 6.07) is 3.54. The molecular weight excluding hydrogens is 227 g/mol. The van der Waals surface area contributed by atoms with Gasteiger partial charge in [-0.2, -0.15) is 0 Å². The second-order valence-electron chi connectivity index (χ2n) is 2.62. The lowest BCUT2D eigenvalue weighted by atomic mass is 10.2. The van der Waals surface area contributed by atoms with Crippen LogP contribution < -0.4 is 11.5 Å². The summed E-state index contributed by atoms with van der Waals surface area (Å²) in [4.78, 5) is 0. The fourth-order valence-corrected chi connectivity index (χ4v) is 2.61. The molecule has 0 amide bonds. The Labute approximate surface area is 89.0 Å². The maximum Gasteiger partial charge on any atom is 0.106 e. The number of halogens is 2. The zero-order chi connectivity index (χ0) is 9.59. The molecule has 2 rings (SSSR count). The van der Waals surface area contributed by atoms with Crippen LogP contribution in [0.2, 0.25) is 10.0 Å². The molecular formula is C8H6Cl2N2S. The third-order valence-electron chi connectivity index (χ3n) is 1.81. The van der Waals surface area contributed by atoms with Crippen molar-refractivity contribution in [2.24, 2.45) is 0 Å². The van der Waals surface area contributed by atoms with E-state index in [4.69, 9.17) is 34.7 Å². The monoisotopic (exact) mass is 232 g/mol. The molecule has 0 unspecified atom stereocenters. The smallest absolute Gasteiger partial charge is 0.106 e. The van der Waals surface area contributed by atoms with Crippen molar-refractivity contribution < 1.29 is 0 Å². The van der Waals surface area contributed by atoms with Crippen LogP contribution in [0.4, 0.5) is 10.7 Å². The SMILES string of the molecule is Nc1sc2c(N)c(Cl)ccc2c1Cl. The molecule has 13 heavy (non-hydrogen) atoms. The predicted molar refractivity (Wildman–Crippen MR) is 60.7 cm³/mol. The van der Waals surface area contributed by atoms with Crippen LogP contribution >= 0.6 is 34.5 Å². The molecule has 0 fully saturated rings. The lowest BCUT2D eigenvalue weighted by Gasteiger charge is -1.97. The maximum atomic E-state index is 5.95. The van der Waals surface area contributed by atoms with E-state index in [0.717, 1.165) is 10.1 Å². The Morgan fingerprint density at radius 2 is 1.85 bits per heavy atom. The Morgan fingerprint density at radius 1 is 1.15 bits per heavy atom. The first-order chi connectivity index (χ1) is 6.11. The first kappa shape index (κ1) is 8.94. The highest BCUT2D eigenvalue weighted by Gasteiger charge is 2.11. The second kappa shape index (κ2) is 2.94. The van der Waals surface area contributed by atoms with Gasteiger partial charge in [0.25, 0.3) is 0 Å². The average molecular weight is 233 g/mol. The van der Waals surface area contributed by atoms with Gasteiger partial charge < -0.3 is 11.5 Å². The molecule has 2 aromatic rings. The minimum atomic E-state index is 0.533. The van der Waals surface area contributed by atoms with E-state index in [1.165, 1.54) is 11.3 Å². The molecule has 5 heteroatoms. The van der Waals surface area contributed by atoms with Crippen LogP contribution in [0.3, 0.4) is 0 Å². The Bertz CT molecular complexity index is 478. The maximum absolute atomic E-state index is 5.95. The molecule has 1 heterocycles. The van der Waals surface area contributed by atoms with Crippen molar-refractivity contribution >= 4 is 55.3 Å². The summed E-state index contributed by atoms with van der Waals surface area (Å²) in [5.41, 5.74) is 12.0. The Balaban J connectivity index is 2.94. The molecule has 1 aromatic carbocycles. The van der Waals surface area contributed by atoms with Gasteiger partial charge in [0.05, 0.1) is 20.4 Å². The number of nitrogen functional groups attached to an aromatic ring is 2. The van der Waals surface area contributed by atoms with Crippen LogP contribution in [0.1, 0.15) is 0 Å². The van der Waals surface area contributed by atoms with Crippen molar-refractivity contribution in [2.75, 3.05) is 11.5 Å². The van der Waals surface area contributed by atoms with Gasteiger partial charge >= 0.3 is 0 Å². The average Bonchev–Trinajstić information content (AvgIpc) is 2.38. The zero-order valence-electron chi connectivity index (χ0n) is 6.47. The summed E-state index contributed by atoms with van der Waals surface area (Å²) in [6.07, 6.45) is 0. The molecule has 0 saturated carbocycles. The zero-order valence-corrected chi connectivity index (χ0v) is 8.80. The van der Waals surface area contributed by atoms with Crippen molar-refractivity contribution in [3.63, 3.8) is 0 Å². The van der Waals surface area contributed by atoms with Crippen LogP contribution in [0.15, 0.2) is 12.1 Å². The highest BCUT2D eigenvalue weighted by atomic mass is 35.5. The van der Waals surface area contributed by atoms with E-state index in [2.05, 4.69) is 0 Å². The van der Waals surface area contributed by atoms with E-state index in [0.29, 0.717) is 20.7 Å². The van der Waals surface area contributed by atoms with Gasteiger partial charge in [0.2, 0.25) is 0 Å². The summed E-state index contributed by atoms with van der Waals surface area (Å²) in [7, 11) is 0. The number of hydrogen-bond donors (Lipinski definition) is 2. The van der Waals surface area contributed by atoms with E-state index in [9.17, 15) is 0 Å². The van der Waals surface area contributed by atoms with E-state index in [1.54, 1.807) is 6.07 Å². The first-order valence-corrected chi connectivity index (χ1v) is 5.10. The van der Waals surface area contributed by atoms with E-state index >= 15 is 0 Å². The third-order valence-corrected chi connectivity index (χ3v) is 3.72. The molecule has 2 nitrogen and oxygen atoms in total. The standard InChI is InChI=1S/C8H6Cl2N2S/c9-4-2-1-3-5(10)8(12)13-7(3)6(4)11/h1-2H,11-12H2. The fourth-order valence-electron chi connectivity index (χ4n) is 1.15. The van der Waals surface area contributed by atoms with Gasteiger partial charge in [0, 0.05) is 5.39 Å². The summed E-state index contributed by atoms with van der Waals surface area (Å²) in [6.45, 7) is 0. The largest absolute Gasteiger partial charge is 0.396 e. The summed E-state index contributed by atoms with van der Waals surface area (Å²) in [5, 5.41) is 2.53. The van der Waals surface area contributed by atoms with Crippen LogP contribution in [-0.4, -0.2) is 0 Å². The number of nitrogens with two attached hydrogens (primary N) is 2. The molecule has 0 aliphatic rings. The Kier molecular flexibility index (Phi) is 2.02. The number of anilines is 2. The quantitative estimate of drug-likeness (QED) is 0.685. The summed E-state index contributed by atoms with van der Waals surface area (Å²) in [5.74, 6) is 0. The first-order valence-electron chi connectivity index (χ1n) is 3.52. The van der Waals surface area contributed by atoms with Crippen LogP contribution in [0.25, 0.3) is 10.1 Å². The Hall–Kier alpha value is -0.640. The lowest BCUT2D eigenvalue weighted by molar-refractivity contribution is 1.80. The van der Waals surface area contributed by atoms with Crippen LogP contribution in [0.5, 0.6) is 0 Å². The summed E-state index contributed by atoms with van der Waals surface area (Å²) < 4.78 is 0.856. The van der Waals surface area contributed by atoms with Gasteiger partial charge in [0.1, 0.15) is 5.00 Å². The normalized spacial score (nSPS) is 10.9. The van der Waals surface area contributed by atoms with Crippen LogP contribution in [0, 0.1) is 0 Å². The topological polar surface area (TPSA) is 52.0 Å². The molecule has 0 spiro atoms. The van der Waals surface area contributed by atoms with Gasteiger partial charge in [0.15, 0.2) is 0 Å². The van der Waals surface area contributed by atoms with Gasteiger partial charge in [-0.25, -0.2) is 0 Å². The Morgan fingerprint density at radius 3 is 2.54 bits per heavy atom. The highest BCUT2D eigenvalue weighted by molar-refractivity contribution is 7.24. The molecule has 0 bridgehead atoms. The van der Waals surface area contributed by atoms with Gasteiger partial charge in [-0.05, 0) is 6.07 Å². The van der Waals surface area contributed by atoms with Crippen molar-refractivity contribution in [3.8, 4) is 0 Å². The molecule has 4 N–H and O–H groups in total. The molecule has 1 aromatic heterocycles. The van der Waals surface area contributed by atoms with E-state index < -0.39 is 0 Å². The van der Waals surface area contributed by atoms with E-state index in [-0.39, 0.29) is 0 Å². The number of hydrogen-bond acceptors (Lipinski definition) is 3. The minimum Gasteiger partial charge on any atom is -0.396 e. The summed E-state index contributed by atoms with van der Waals surface area (Å²) >= 11 is 13.2. The van der Waals surface area contributed by atoms with Gasteiger partial charge in [-0.15, -0.1) is 11.3 Å². The number of thiophene rings is 1. The number of rotatable bonds is 0. The molecule has 0 atom stereocenters. The van der Waals surface area contributed by atoms with Crippen molar-refractivity contribution in [2.45, 2.75) is 0 Å². The molecule has 68 valence electrons. The van der Waals surface area contributed by atoms with E-state index in [1.807, 2.05) is 6.07 Å². The van der Waals surface area contributed by atoms with Crippen molar-refractivity contribution in [1.29, 1.82) is 0 Å². The van der Waals surface area contributed by atoms with Crippen molar-refractivity contribution in [1.82, 2.24) is 0 Å². The molecule has 0 radical (unpaired) electrons. The third kappa shape index (κ3) is 1.24.